The van der Waals surface area contributed by atoms with E-state index in [0.29, 0.717) is 5.92 Å². The van der Waals surface area contributed by atoms with E-state index in [0.717, 1.165) is 6.42 Å². The highest BCUT2D eigenvalue weighted by atomic mass is 14.7. The molecule has 0 heterocycles. The minimum absolute atomic E-state index is 0.154. The number of nitrogens with zero attached hydrogens (tertiary/aromatic N) is 1. The largest absolute Gasteiger partial charge is 0.326 e. The second-order valence-corrected chi connectivity index (χ2v) is 4.57. The Balaban J connectivity index is 4.40. The fourth-order valence-corrected chi connectivity index (χ4v) is 1.01. The lowest BCUT2D eigenvalue weighted by Crippen LogP contribution is -2.34. The Kier molecular flexibility index (Phi) is 5.32. The Bertz CT molecular complexity index is 283. The zero-order chi connectivity index (χ0) is 12.1. The maximum atomic E-state index is 9.03. The van der Waals surface area contributed by atoms with Crippen LogP contribution in [0.2, 0.25) is 0 Å². The minimum atomic E-state index is -0.561. The van der Waals surface area contributed by atoms with E-state index in [1.54, 1.807) is 0 Å². The molecule has 84 valence electrons. The molecule has 2 nitrogen and oxygen atoms in total. The molecule has 0 aliphatic heterocycles. The molecule has 0 aromatic carbocycles. The highest BCUT2D eigenvalue weighted by molar-refractivity contribution is 5.14. The number of allylic oxidation sites excluding steroid dienone is 2. The van der Waals surface area contributed by atoms with Gasteiger partial charge in [-0.15, -0.1) is 0 Å². The summed E-state index contributed by atoms with van der Waals surface area (Å²) < 4.78 is 0. The normalized spacial score (nSPS) is 19.2. The van der Waals surface area contributed by atoms with Gasteiger partial charge in [-0.3, -0.25) is 0 Å². The third-order valence-corrected chi connectivity index (χ3v) is 2.98. The first kappa shape index (κ1) is 13.9. The van der Waals surface area contributed by atoms with Gasteiger partial charge in [0.1, 0.15) is 0 Å². The highest BCUT2D eigenvalue weighted by Crippen LogP contribution is 2.22. The van der Waals surface area contributed by atoms with Crippen molar-refractivity contribution in [2.45, 2.75) is 40.2 Å². The van der Waals surface area contributed by atoms with Gasteiger partial charge in [0.15, 0.2) is 0 Å². The van der Waals surface area contributed by atoms with E-state index in [-0.39, 0.29) is 6.04 Å². The van der Waals surface area contributed by atoms with E-state index in [4.69, 9.17) is 11.0 Å². The monoisotopic (exact) mass is 206 g/mol. The van der Waals surface area contributed by atoms with Crippen LogP contribution in [-0.2, 0) is 0 Å². The van der Waals surface area contributed by atoms with E-state index in [1.807, 2.05) is 32.9 Å². The molecule has 2 heteroatoms. The Morgan fingerprint density at radius 3 is 2.47 bits per heavy atom. The summed E-state index contributed by atoms with van der Waals surface area (Å²) in [5.41, 5.74) is 6.37. The van der Waals surface area contributed by atoms with Crippen molar-refractivity contribution >= 4 is 0 Å². The quantitative estimate of drug-likeness (QED) is 0.703. The predicted octanol–water partition coefficient (Wildman–Crippen LogP) is 3.02. The van der Waals surface area contributed by atoms with Crippen LogP contribution in [0.1, 0.15) is 34.1 Å². The van der Waals surface area contributed by atoms with Crippen molar-refractivity contribution in [3.05, 3.63) is 24.3 Å². The predicted molar refractivity (Wildman–Crippen MR) is 65.1 cm³/mol. The number of hydrogen-bond donors (Lipinski definition) is 1. The molecule has 0 fully saturated rings. The smallest absolute Gasteiger partial charge is 0.0873 e. The van der Waals surface area contributed by atoms with Crippen LogP contribution in [-0.4, -0.2) is 6.04 Å². The van der Waals surface area contributed by atoms with Crippen LogP contribution in [0.4, 0.5) is 0 Å². The number of nitriles is 1. The van der Waals surface area contributed by atoms with Crippen LogP contribution in [0, 0.1) is 22.7 Å². The van der Waals surface area contributed by atoms with Crippen molar-refractivity contribution in [1.29, 1.82) is 5.26 Å². The van der Waals surface area contributed by atoms with Crippen LogP contribution in [0.3, 0.4) is 0 Å². The minimum Gasteiger partial charge on any atom is -0.326 e. The highest BCUT2D eigenvalue weighted by Gasteiger charge is 2.24. The van der Waals surface area contributed by atoms with Crippen molar-refractivity contribution in [2.75, 3.05) is 0 Å². The van der Waals surface area contributed by atoms with E-state index >= 15 is 0 Å². The van der Waals surface area contributed by atoms with E-state index in [1.165, 1.54) is 5.57 Å². The average Bonchev–Trinajstić information content (AvgIpc) is 2.16. The second-order valence-electron chi connectivity index (χ2n) is 4.57. The van der Waals surface area contributed by atoms with Crippen molar-refractivity contribution in [2.24, 2.45) is 17.1 Å². The van der Waals surface area contributed by atoms with Gasteiger partial charge in [0.2, 0.25) is 0 Å². The van der Waals surface area contributed by atoms with Crippen LogP contribution in [0.25, 0.3) is 0 Å². The summed E-state index contributed by atoms with van der Waals surface area (Å²) in [6.45, 7) is 11.8. The average molecular weight is 206 g/mol. The van der Waals surface area contributed by atoms with Gasteiger partial charge in [0.05, 0.1) is 11.5 Å². The third-order valence-electron chi connectivity index (χ3n) is 2.98. The van der Waals surface area contributed by atoms with E-state index in [2.05, 4.69) is 19.6 Å². The number of rotatable bonds is 5. The van der Waals surface area contributed by atoms with Gasteiger partial charge in [0.25, 0.3) is 0 Å². The van der Waals surface area contributed by atoms with Gasteiger partial charge in [-0.2, -0.15) is 5.26 Å². The maximum absolute atomic E-state index is 9.03. The molecule has 2 N–H and O–H groups in total. The summed E-state index contributed by atoms with van der Waals surface area (Å²) in [6.07, 6.45) is 4.86. The van der Waals surface area contributed by atoms with E-state index in [9.17, 15) is 0 Å². The lowest BCUT2D eigenvalue weighted by atomic mass is 9.84. The second kappa shape index (κ2) is 5.72. The summed E-state index contributed by atoms with van der Waals surface area (Å²) in [7, 11) is 0. The standard InChI is InChI=1S/C13H22N2/c1-10(2)11(3)7-6-8-13(5,9-14)12(4)15/h6,8,11-12H,1,7,15H2,2-5H3/b8-6+/t11-,12?,13?/m1/s1. The fourth-order valence-electron chi connectivity index (χ4n) is 1.01. The zero-order valence-electron chi connectivity index (χ0n) is 10.2. The Hall–Kier alpha value is -1.07. The molecule has 0 spiro atoms. The van der Waals surface area contributed by atoms with Crippen molar-refractivity contribution in [3.63, 3.8) is 0 Å². The molecule has 0 saturated carbocycles. The first-order chi connectivity index (χ1) is 6.83. The molecular weight excluding hydrogens is 184 g/mol. The Morgan fingerprint density at radius 1 is 1.60 bits per heavy atom. The molecular formula is C13H22N2. The van der Waals surface area contributed by atoms with Gasteiger partial charge in [-0.25, -0.2) is 0 Å². The molecule has 3 atom stereocenters. The molecule has 0 rings (SSSR count). The summed E-state index contributed by atoms with van der Waals surface area (Å²) in [6, 6.07) is 2.09. The van der Waals surface area contributed by atoms with Crippen LogP contribution in [0.5, 0.6) is 0 Å². The van der Waals surface area contributed by atoms with Crippen LogP contribution >= 0.6 is 0 Å². The van der Waals surface area contributed by atoms with Gasteiger partial charge >= 0.3 is 0 Å². The lowest BCUT2D eigenvalue weighted by Gasteiger charge is -2.21. The lowest BCUT2D eigenvalue weighted by molar-refractivity contribution is 0.460. The Morgan fingerprint density at radius 2 is 2.13 bits per heavy atom. The summed E-state index contributed by atoms with van der Waals surface area (Å²) >= 11 is 0. The number of hydrogen-bond acceptors (Lipinski definition) is 2. The maximum Gasteiger partial charge on any atom is 0.0873 e. The van der Waals surface area contributed by atoms with Crippen molar-refractivity contribution < 1.29 is 0 Å². The third kappa shape index (κ3) is 4.31. The molecule has 0 aliphatic rings. The van der Waals surface area contributed by atoms with Crippen molar-refractivity contribution in [3.8, 4) is 6.07 Å². The summed E-state index contributed by atoms with van der Waals surface area (Å²) in [5, 5.41) is 9.03. The van der Waals surface area contributed by atoms with Gasteiger partial charge in [-0.1, -0.05) is 31.2 Å². The Labute approximate surface area is 93.5 Å². The molecule has 2 unspecified atom stereocenters. The molecule has 0 amide bonds. The zero-order valence-corrected chi connectivity index (χ0v) is 10.2. The number of nitrogens with two attached hydrogens (primary N) is 1. The molecule has 0 radical (unpaired) electrons. The topological polar surface area (TPSA) is 49.8 Å². The molecule has 0 saturated heterocycles. The molecule has 0 aromatic heterocycles. The SMILES string of the molecule is C=C(C)[C@H](C)C/C=C/C(C)(C#N)C(C)N. The van der Waals surface area contributed by atoms with Gasteiger partial charge in [0, 0.05) is 6.04 Å². The first-order valence-corrected chi connectivity index (χ1v) is 5.33. The van der Waals surface area contributed by atoms with Crippen LogP contribution in [0.15, 0.2) is 24.3 Å². The van der Waals surface area contributed by atoms with Gasteiger partial charge < -0.3 is 5.73 Å². The van der Waals surface area contributed by atoms with Crippen LogP contribution < -0.4 is 5.73 Å². The van der Waals surface area contributed by atoms with Crippen molar-refractivity contribution in [1.82, 2.24) is 0 Å². The molecule has 15 heavy (non-hydrogen) atoms. The fraction of sp³-hybridized carbons (Fsp3) is 0.615. The summed E-state index contributed by atoms with van der Waals surface area (Å²) in [5.74, 6) is 0.456. The molecule has 0 bridgehead atoms. The summed E-state index contributed by atoms with van der Waals surface area (Å²) in [4.78, 5) is 0. The van der Waals surface area contributed by atoms with E-state index < -0.39 is 5.41 Å². The molecule has 0 aromatic rings. The molecule has 0 aliphatic carbocycles. The first-order valence-electron chi connectivity index (χ1n) is 5.33. The van der Waals surface area contributed by atoms with Gasteiger partial charge in [-0.05, 0) is 33.1 Å².